The van der Waals surface area contributed by atoms with Gasteiger partial charge in [0.1, 0.15) is 5.75 Å². The molecule has 0 aliphatic carbocycles. The Balaban J connectivity index is 1.78. The monoisotopic (exact) mass is 492 g/mol. The highest BCUT2D eigenvalue weighted by Gasteiger charge is 2.44. The highest BCUT2D eigenvalue weighted by atomic mass is 16.5. The average molecular weight is 493 g/mol. The number of likely N-dealkylation sites (N-methyl/N-ethyl adjacent to an activating group) is 1. The summed E-state index contributed by atoms with van der Waals surface area (Å²) in [5.41, 5.74) is 1.10. The number of rotatable bonds is 11. The molecule has 8 heteroatoms. The Kier molecular flexibility index (Phi) is 7.64. The smallest absolute Gasteiger partial charge is 0.290 e. The van der Waals surface area contributed by atoms with Crippen LogP contribution in [0.4, 0.5) is 0 Å². The van der Waals surface area contributed by atoms with E-state index >= 15 is 0 Å². The second kappa shape index (κ2) is 10.9. The van der Waals surface area contributed by atoms with Crippen molar-refractivity contribution in [3.05, 3.63) is 71.2 Å². The minimum atomic E-state index is -0.781. The van der Waals surface area contributed by atoms with Crippen LogP contribution in [0, 0.1) is 0 Å². The number of nitrogens with zero attached hydrogens (tertiary/aromatic N) is 2. The van der Waals surface area contributed by atoms with Gasteiger partial charge in [0, 0.05) is 18.5 Å². The number of ether oxygens (including phenoxy) is 2. The van der Waals surface area contributed by atoms with Crippen LogP contribution in [0.2, 0.25) is 0 Å². The largest absolute Gasteiger partial charge is 0.503 e. The van der Waals surface area contributed by atoms with E-state index < -0.39 is 23.5 Å². The normalized spacial score (nSPS) is 15.9. The van der Waals surface area contributed by atoms with E-state index in [1.54, 1.807) is 29.2 Å². The minimum absolute atomic E-state index is 0.00813. The molecule has 36 heavy (non-hydrogen) atoms. The van der Waals surface area contributed by atoms with E-state index in [1.165, 1.54) is 7.11 Å². The van der Waals surface area contributed by atoms with Gasteiger partial charge in [0.2, 0.25) is 5.78 Å². The maximum Gasteiger partial charge on any atom is 0.290 e. The summed E-state index contributed by atoms with van der Waals surface area (Å²) in [5, 5.41) is 11.7. The molecule has 3 aromatic rings. The number of aliphatic hydroxyl groups excluding tert-OH is 1. The number of carbonyl (C=O) groups excluding carboxylic acids is 2. The summed E-state index contributed by atoms with van der Waals surface area (Å²) in [4.78, 5) is 30.8. The summed E-state index contributed by atoms with van der Waals surface area (Å²) >= 11 is 0. The van der Waals surface area contributed by atoms with Gasteiger partial charge in [-0.05, 0) is 49.8 Å². The Bertz CT molecular complexity index is 1290. The van der Waals surface area contributed by atoms with Crippen LogP contribution in [0.25, 0.3) is 11.0 Å². The Morgan fingerprint density at radius 2 is 1.86 bits per heavy atom. The first-order valence-corrected chi connectivity index (χ1v) is 12.2. The Hall–Kier alpha value is -3.78. The number of aliphatic hydroxyl groups is 1. The predicted molar refractivity (Wildman–Crippen MR) is 137 cm³/mol. The van der Waals surface area contributed by atoms with Crippen molar-refractivity contribution in [2.75, 3.05) is 39.9 Å². The second-order valence-electron chi connectivity index (χ2n) is 8.51. The molecule has 0 spiro atoms. The lowest BCUT2D eigenvalue weighted by atomic mass is 9.95. The molecule has 4 rings (SSSR count). The third-order valence-electron chi connectivity index (χ3n) is 6.54. The van der Waals surface area contributed by atoms with Crippen LogP contribution in [0.5, 0.6) is 11.5 Å². The summed E-state index contributed by atoms with van der Waals surface area (Å²) < 4.78 is 16.9. The lowest BCUT2D eigenvalue weighted by molar-refractivity contribution is -0.129. The molecule has 1 atom stereocenters. The summed E-state index contributed by atoms with van der Waals surface area (Å²) in [5.74, 6) is -0.534. The number of methoxy groups -OCH3 is 1. The number of amides is 1. The number of furan rings is 1. The van der Waals surface area contributed by atoms with Crippen molar-refractivity contribution < 1.29 is 28.6 Å². The van der Waals surface area contributed by atoms with E-state index in [-0.39, 0.29) is 11.3 Å². The topological polar surface area (TPSA) is 92.4 Å². The average Bonchev–Trinajstić information content (AvgIpc) is 3.44. The summed E-state index contributed by atoms with van der Waals surface area (Å²) in [6.07, 6.45) is 0. The zero-order valence-corrected chi connectivity index (χ0v) is 21.1. The van der Waals surface area contributed by atoms with Gasteiger partial charge < -0.3 is 28.8 Å². The van der Waals surface area contributed by atoms with Gasteiger partial charge in [-0.2, -0.15) is 0 Å². The molecule has 0 saturated heterocycles. The lowest BCUT2D eigenvalue weighted by Gasteiger charge is -2.29. The van der Waals surface area contributed by atoms with Crippen LogP contribution in [-0.2, 0) is 4.79 Å². The minimum Gasteiger partial charge on any atom is -0.503 e. The fourth-order valence-electron chi connectivity index (χ4n) is 4.63. The zero-order chi connectivity index (χ0) is 25.8. The maximum atomic E-state index is 13.8. The quantitative estimate of drug-likeness (QED) is 0.386. The Morgan fingerprint density at radius 3 is 2.56 bits per heavy atom. The lowest BCUT2D eigenvalue weighted by Crippen LogP contribution is -2.38. The van der Waals surface area contributed by atoms with E-state index in [4.69, 9.17) is 13.9 Å². The molecule has 2 heterocycles. The highest BCUT2D eigenvalue weighted by molar-refractivity contribution is 6.16. The molecular formula is C28H32N2O6. The number of ketones is 1. The molecule has 0 fully saturated rings. The first-order chi connectivity index (χ1) is 17.4. The van der Waals surface area contributed by atoms with Crippen molar-refractivity contribution in [2.45, 2.75) is 26.8 Å². The molecule has 0 saturated carbocycles. The van der Waals surface area contributed by atoms with Crippen molar-refractivity contribution in [2.24, 2.45) is 0 Å². The SMILES string of the molecule is CCOc1cccc(C2C(C(=O)c3cc4cccc(OC)c4o3)=C(O)C(=O)N2CCN(CC)CC)c1. The molecule has 1 N–H and O–H groups in total. The van der Waals surface area contributed by atoms with Gasteiger partial charge in [-0.25, -0.2) is 0 Å². The molecule has 0 bridgehead atoms. The predicted octanol–water partition coefficient (Wildman–Crippen LogP) is 4.76. The number of Topliss-reactive ketones (excluding diaryl/α,β-unsaturated/α-hetero) is 1. The highest BCUT2D eigenvalue weighted by Crippen LogP contribution is 2.41. The molecule has 8 nitrogen and oxygen atoms in total. The molecule has 1 aliphatic heterocycles. The number of hydrogen-bond acceptors (Lipinski definition) is 7. The fourth-order valence-corrected chi connectivity index (χ4v) is 4.63. The van der Waals surface area contributed by atoms with E-state index in [1.807, 2.05) is 31.2 Å². The van der Waals surface area contributed by atoms with Gasteiger partial charge in [0.25, 0.3) is 5.91 Å². The van der Waals surface area contributed by atoms with Crippen LogP contribution in [0.3, 0.4) is 0 Å². The second-order valence-corrected chi connectivity index (χ2v) is 8.51. The van der Waals surface area contributed by atoms with Crippen molar-refractivity contribution in [3.63, 3.8) is 0 Å². The third kappa shape index (κ3) is 4.68. The molecule has 190 valence electrons. The summed E-state index contributed by atoms with van der Waals surface area (Å²) in [7, 11) is 1.53. The van der Waals surface area contributed by atoms with Gasteiger partial charge in [-0.3, -0.25) is 9.59 Å². The number of fused-ring (bicyclic) bond motifs is 1. The van der Waals surface area contributed by atoms with Crippen LogP contribution in [-0.4, -0.2) is 66.5 Å². The van der Waals surface area contributed by atoms with Crippen molar-refractivity contribution >= 4 is 22.7 Å². The van der Waals surface area contributed by atoms with Crippen molar-refractivity contribution in [1.82, 2.24) is 9.80 Å². The first-order valence-electron chi connectivity index (χ1n) is 12.2. The van der Waals surface area contributed by atoms with Crippen LogP contribution in [0.15, 0.2) is 64.3 Å². The number of para-hydroxylation sites is 1. The number of benzene rings is 2. The van der Waals surface area contributed by atoms with Crippen LogP contribution >= 0.6 is 0 Å². The van der Waals surface area contributed by atoms with Gasteiger partial charge >= 0.3 is 0 Å². The van der Waals surface area contributed by atoms with Crippen LogP contribution < -0.4 is 9.47 Å². The summed E-state index contributed by atoms with van der Waals surface area (Å²) in [6.45, 7) is 9.09. The van der Waals surface area contributed by atoms with E-state index in [0.29, 0.717) is 47.7 Å². The molecule has 1 aliphatic rings. The first kappa shape index (κ1) is 25.3. The maximum absolute atomic E-state index is 13.8. The molecule has 1 unspecified atom stereocenters. The number of hydrogen-bond donors (Lipinski definition) is 1. The zero-order valence-electron chi connectivity index (χ0n) is 21.1. The van der Waals surface area contributed by atoms with E-state index in [0.717, 1.165) is 13.1 Å². The van der Waals surface area contributed by atoms with Crippen molar-refractivity contribution in [1.29, 1.82) is 0 Å². The number of carbonyl (C=O) groups is 2. The summed E-state index contributed by atoms with van der Waals surface area (Å²) in [6, 6.07) is 13.5. The Labute approximate surface area is 210 Å². The van der Waals surface area contributed by atoms with E-state index in [9.17, 15) is 14.7 Å². The van der Waals surface area contributed by atoms with Gasteiger partial charge in [0.15, 0.2) is 22.9 Å². The van der Waals surface area contributed by atoms with Crippen molar-refractivity contribution in [3.8, 4) is 11.5 Å². The van der Waals surface area contributed by atoms with E-state index in [2.05, 4.69) is 18.7 Å². The Morgan fingerprint density at radius 1 is 1.11 bits per heavy atom. The molecule has 2 aromatic carbocycles. The van der Waals surface area contributed by atoms with Gasteiger partial charge in [-0.15, -0.1) is 0 Å². The molecule has 1 aromatic heterocycles. The standard InChI is InChI=1S/C28H32N2O6/c1-5-29(6-2)14-15-30-24(18-10-8-12-20(16-18)35-7-3)23(26(32)28(30)33)25(31)22-17-19-11-9-13-21(34-4)27(19)36-22/h8-13,16-17,24,32H,5-7,14-15H2,1-4H3. The third-order valence-corrected chi connectivity index (χ3v) is 6.54. The van der Waals surface area contributed by atoms with Crippen LogP contribution in [0.1, 0.15) is 42.9 Å². The molecule has 0 radical (unpaired) electrons. The molecule has 1 amide bonds. The fraction of sp³-hybridized carbons (Fsp3) is 0.357. The van der Waals surface area contributed by atoms with Gasteiger partial charge in [0.05, 0.1) is 25.3 Å². The van der Waals surface area contributed by atoms with Gasteiger partial charge in [-0.1, -0.05) is 38.1 Å². The molecular weight excluding hydrogens is 460 g/mol.